The summed E-state index contributed by atoms with van der Waals surface area (Å²) in [4.78, 5) is 0. The summed E-state index contributed by atoms with van der Waals surface area (Å²) in [5.41, 5.74) is 5.72. The van der Waals surface area contributed by atoms with Gasteiger partial charge < -0.3 is 80.5 Å². The highest BCUT2D eigenvalue weighted by Crippen LogP contribution is 2.31. The summed E-state index contributed by atoms with van der Waals surface area (Å²) < 4.78 is 26.6. The Hall–Kier alpha value is -0.640. The third-order valence-corrected chi connectivity index (χ3v) is 6.18. The fourth-order valence-corrected chi connectivity index (χ4v) is 4.11. The SMILES string of the molecule is NC1C(O)C(CO)OC(OC2C(CO)OC(OC3C(CO)OC(O)C(O)C3O)C(O)C2O)C1O. The first-order valence-corrected chi connectivity index (χ1v) is 10.7. The van der Waals surface area contributed by atoms with Crippen molar-refractivity contribution in [2.75, 3.05) is 19.8 Å². The summed E-state index contributed by atoms with van der Waals surface area (Å²) in [6.45, 7) is -2.20. The van der Waals surface area contributed by atoms with Crippen LogP contribution in [-0.2, 0) is 23.7 Å². The van der Waals surface area contributed by atoms with Crippen molar-refractivity contribution in [3.05, 3.63) is 0 Å². The van der Waals surface area contributed by atoms with Crippen molar-refractivity contribution in [2.24, 2.45) is 5.73 Å². The molecule has 16 heteroatoms. The summed E-state index contributed by atoms with van der Waals surface area (Å²) in [5.74, 6) is 0. The van der Waals surface area contributed by atoms with E-state index in [0.717, 1.165) is 0 Å². The molecule has 0 spiro atoms. The highest BCUT2D eigenvalue weighted by atomic mass is 16.7. The van der Waals surface area contributed by atoms with Crippen LogP contribution in [0.4, 0.5) is 0 Å². The maximum atomic E-state index is 10.6. The lowest BCUT2D eigenvalue weighted by molar-refractivity contribution is -0.374. The molecule has 0 aliphatic carbocycles. The molecule has 0 aromatic carbocycles. The van der Waals surface area contributed by atoms with Crippen LogP contribution in [0.2, 0.25) is 0 Å². The normalized spacial score (nSPS) is 52.5. The second-order valence-electron chi connectivity index (χ2n) is 8.42. The number of aliphatic hydroxyl groups excluding tert-OH is 10. The van der Waals surface area contributed by atoms with Crippen molar-refractivity contribution < 1.29 is 74.7 Å². The second-order valence-corrected chi connectivity index (χ2v) is 8.42. The zero-order valence-corrected chi connectivity index (χ0v) is 17.9. The molecule has 12 N–H and O–H groups in total. The van der Waals surface area contributed by atoms with Crippen molar-refractivity contribution in [2.45, 2.75) is 92.1 Å². The average Bonchev–Trinajstić information content (AvgIpc) is 2.83. The van der Waals surface area contributed by atoms with E-state index in [-0.39, 0.29) is 0 Å². The zero-order chi connectivity index (χ0) is 25.3. The molecule has 15 atom stereocenters. The lowest BCUT2D eigenvalue weighted by Gasteiger charge is -2.48. The monoisotopic (exact) mass is 503 g/mol. The number of hydrogen-bond acceptors (Lipinski definition) is 16. The molecule has 0 saturated carbocycles. The molecule has 0 aromatic heterocycles. The van der Waals surface area contributed by atoms with Crippen LogP contribution in [0.1, 0.15) is 0 Å². The van der Waals surface area contributed by atoms with Crippen LogP contribution < -0.4 is 5.73 Å². The van der Waals surface area contributed by atoms with Gasteiger partial charge in [-0.25, -0.2) is 0 Å². The van der Waals surface area contributed by atoms with Gasteiger partial charge in [-0.2, -0.15) is 0 Å². The van der Waals surface area contributed by atoms with E-state index in [1.54, 1.807) is 0 Å². The van der Waals surface area contributed by atoms with Gasteiger partial charge in [0.25, 0.3) is 0 Å². The molecule has 3 aliphatic rings. The summed E-state index contributed by atoms with van der Waals surface area (Å²) >= 11 is 0. The Morgan fingerprint density at radius 2 is 0.971 bits per heavy atom. The summed E-state index contributed by atoms with van der Waals surface area (Å²) in [6, 6.07) is -1.28. The Bertz CT molecular complexity index is 640. The number of ether oxygens (including phenoxy) is 5. The van der Waals surface area contributed by atoms with Crippen LogP contribution in [0.3, 0.4) is 0 Å². The maximum Gasteiger partial charge on any atom is 0.187 e. The van der Waals surface area contributed by atoms with E-state index >= 15 is 0 Å². The van der Waals surface area contributed by atoms with E-state index in [0.29, 0.717) is 0 Å². The van der Waals surface area contributed by atoms with E-state index < -0.39 is 112 Å². The topological polar surface area (TPSA) is 274 Å². The smallest absolute Gasteiger partial charge is 0.187 e. The zero-order valence-electron chi connectivity index (χ0n) is 17.9. The Morgan fingerprint density at radius 3 is 1.50 bits per heavy atom. The van der Waals surface area contributed by atoms with Gasteiger partial charge in [0.15, 0.2) is 18.9 Å². The third-order valence-electron chi connectivity index (χ3n) is 6.18. The first-order valence-electron chi connectivity index (χ1n) is 10.7. The highest BCUT2D eigenvalue weighted by Gasteiger charge is 2.53. The standard InChI is InChI=1S/C18H33NO15/c19-7-8(23)4(1-20)31-17(9(7)24)33-15-6(3-22)32-18(13(28)11(15)26)34-14-5(2-21)30-16(29)12(27)10(14)25/h4-18,20-29H,1-3,19H2. The lowest BCUT2D eigenvalue weighted by atomic mass is 9.95. The van der Waals surface area contributed by atoms with Crippen molar-refractivity contribution >= 4 is 0 Å². The first kappa shape index (κ1) is 27.9. The molecular weight excluding hydrogens is 470 g/mol. The number of hydrogen-bond donors (Lipinski definition) is 11. The molecular formula is C18H33NO15. The van der Waals surface area contributed by atoms with Gasteiger partial charge in [0.05, 0.1) is 25.9 Å². The van der Waals surface area contributed by atoms with E-state index in [4.69, 9.17) is 29.4 Å². The van der Waals surface area contributed by atoms with Crippen LogP contribution in [-0.4, -0.2) is 163 Å². The van der Waals surface area contributed by atoms with Gasteiger partial charge in [-0.15, -0.1) is 0 Å². The number of aliphatic hydroxyl groups is 10. The molecule has 0 bridgehead atoms. The molecule has 200 valence electrons. The van der Waals surface area contributed by atoms with Gasteiger partial charge in [0, 0.05) is 0 Å². The Kier molecular flexibility index (Phi) is 9.54. The second kappa shape index (κ2) is 11.6. The molecule has 3 heterocycles. The van der Waals surface area contributed by atoms with E-state index in [2.05, 4.69) is 0 Å². The van der Waals surface area contributed by atoms with Crippen LogP contribution in [0.5, 0.6) is 0 Å². The molecule has 3 aliphatic heterocycles. The molecule has 15 unspecified atom stereocenters. The summed E-state index contributed by atoms with van der Waals surface area (Å²) in [7, 11) is 0. The van der Waals surface area contributed by atoms with Crippen molar-refractivity contribution in [1.82, 2.24) is 0 Å². The molecule has 0 radical (unpaired) electrons. The van der Waals surface area contributed by atoms with Crippen molar-refractivity contribution in [1.29, 1.82) is 0 Å². The average molecular weight is 503 g/mol. The van der Waals surface area contributed by atoms with Gasteiger partial charge in [0.2, 0.25) is 0 Å². The maximum absolute atomic E-state index is 10.6. The first-order chi connectivity index (χ1) is 16.0. The minimum Gasteiger partial charge on any atom is -0.394 e. The highest BCUT2D eigenvalue weighted by molar-refractivity contribution is 4.96. The van der Waals surface area contributed by atoms with Crippen LogP contribution >= 0.6 is 0 Å². The fraction of sp³-hybridized carbons (Fsp3) is 1.00. The minimum absolute atomic E-state index is 0.661. The predicted molar refractivity (Wildman–Crippen MR) is 103 cm³/mol. The Labute approximate surface area is 193 Å². The summed E-state index contributed by atoms with van der Waals surface area (Å²) in [5, 5.41) is 99.5. The van der Waals surface area contributed by atoms with Crippen molar-refractivity contribution in [3.63, 3.8) is 0 Å². The van der Waals surface area contributed by atoms with Crippen molar-refractivity contribution in [3.8, 4) is 0 Å². The number of nitrogens with two attached hydrogens (primary N) is 1. The van der Waals surface area contributed by atoms with Gasteiger partial charge in [-0.1, -0.05) is 0 Å². The fourth-order valence-electron chi connectivity index (χ4n) is 4.11. The molecule has 0 aromatic rings. The largest absolute Gasteiger partial charge is 0.394 e. The van der Waals surface area contributed by atoms with E-state index in [9.17, 15) is 51.1 Å². The van der Waals surface area contributed by atoms with Crippen LogP contribution in [0.15, 0.2) is 0 Å². The molecule has 16 nitrogen and oxygen atoms in total. The predicted octanol–water partition coefficient (Wildman–Crippen LogP) is -7.61. The molecule has 3 fully saturated rings. The van der Waals surface area contributed by atoms with E-state index in [1.165, 1.54) is 0 Å². The number of rotatable bonds is 7. The molecule has 3 saturated heterocycles. The molecule has 3 rings (SSSR count). The van der Waals surface area contributed by atoms with E-state index in [1.807, 2.05) is 0 Å². The summed E-state index contributed by atoms with van der Waals surface area (Å²) in [6.07, 6.45) is -22.4. The quantitative estimate of drug-likeness (QED) is 0.154. The lowest BCUT2D eigenvalue weighted by Crippen LogP contribution is -2.67. The van der Waals surface area contributed by atoms with Gasteiger partial charge in [-0.05, 0) is 0 Å². The Balaban J connectivity index is 1.72. The third kappa shape index (κ3) is 5.37. The molecule has 0 amide bonds. The Morgan fingerprint density at radius 1 is 0.529 bits per heavy atom. The van der Waals surface area contributed by atoms with Crippen LogP contribution in [0.25, 0.3) is 0 Å². The van der Waals surface area contributed by atoms with Gasteiger partial charge in [-0.3, -0.25) is 0 Å². The van der Waals surface area contributed by atoms with Crippen LogP contribution in [0, 0.1) is 0 Å². The van der Waals surface area contributed by atoms with Gasteiger partial charge >= 0.3 is 0 Å². The molecule has 34 heavy (non-hydrogen) atoms. The minimum atomic E-state index is -1.88. The van der Waals surface area contributed by atoms with Gasteiger partial charge in [0.1, 0.15) is 67.1 Å².